The van der Waals surface area contributed by atoms with Crippen LogP contribution in [0.2, 0.25) is 0 Å². The first-order valence-corrected chi connectivity index (χ1v) is 10.4. The van der Waals surface area contributed by atoms with E-state index in [2.05, 4.69) is 59.3 Å². The summed E-state index contributed by atoms with van der Waals surface area (Å²) in [6, 6.07) is 19.1. The molecule has 3 atom stereocenters. The van der Waals surface area contributed by atoms with E-state index in [0.29, 0.717) is 25.4 Å². The predicted molar refractivity (Wildman–Crippen MR) is 116 cm³/mol. The molecule has 3 rings (SSSR count). The second-order valence-corrected chi connectivity index (χ2v) is 7.64. The number of rotatable bonds is 9. The highest BCUT2D eigenvalue weighted by molar-refractivity contribution is 5.69. The Balaban J connectivity index is 1.48. The van der Waals surface area contributed by atoms with E-state index < -0.39 is 0 Å². The Morgan fingerprint density at radius 3 is 2.48 bits per heavy atom. The molecule has 1 saturated carbocycles. The van der Waals surface area contributed by atoms with Crippen LogP contribution in [0.5, 0.6) is 0 Å². The van der Waals surface area contributed by atoms with Crippen LogP contribution in [-0.4, -0.2) is 25.2 Å². The van der Waals surface area contributed by atoms with E-state index in [1.165, 1.54) is 23.8 Å². The number of carbonyl (C=O) groups excluding carboxylic acids is 1. The Labute approximate surface area is 173 Å². The van der Waals surface area contributed by atoms with Gasteiger partial charge in [-0.3, -0.25) is 4.79 Å². The van der Waals surface area contributed by atoms with Crippen LogP contribution in [0.25, 0.3) is 11.1 Å². The quantitative estimate of drug-likeness (QED) is 0.487. The zero-order chi connectivity index (χ0) is 20.5. The van der Waals surface area contributed by atoms with Gasteiger partial charge in [0.2, 0.25) is 0 Å². The summed E-state index contributed by atoms with van der Waals surface area (Å²) in [6.45, 7) is 0.606. The fourth-order valence-corrected chi connectivity index (χ4v) is 3.90. The topological polar surface area (TPSA) is 61.5 Å². The number of methoxy groups -OCH3 is 1. The Bertz CT molecular complexity index is 785. The molecule has 0 amide bonds. The molecular formula is C25H31NO3. The molecule has 1 aliphatic carbocycles. The van der Waals surface area contributed by atoms with Gasteiger partial charge in [-0.05, 0) is 42.4 Å². The molecule has 0 aromatic heterocycles. The van der Waals surface area contributed by atoms with Crippen molar-refractivity contribution < 1.29 is 14.3 Å². The SMILES string of the molecule is COC(=O)CC/C=C\C[C@H]1[C@@H](OCc2ccc(-c3ccccc3)cc2)CC[C@@H]1N. The summed E-state index contributed by atoms with van der Waals surface area (Å²) in [5, 5.41) is 0. The first kappa shape index (κ1) is 21.3. The second kappa shape index (κ2) is 10.9. The lowest BCUT2D eigenvalue weighted by molar-refractivity contribution is -0.140. The molecule has 0 aliphatic heterocycles. The van der Waals surface area contributed by atoms with E-state index in [4.69, 9.17) is 10.5 Å². The first-order chi connectivity index (χ1) is 14.2. The zero-order valence-electron chi connectivity index (χ0n) is 17.1. The van der Waals surface area contributed by atoms with E-state index in [1.807, 2.05) is 12.1 Å². The van der Waals surface area contributed by atoms with Gasteiger partial charge in [0.15, 0.2) is 0 Å². The van der Waals surface area contributed by atoms with Crippen LogP contribution in [0.1, 0.15) is 37.7 Å². The van der Waals surface area contributed by atoms with Gasteiger partial charge in [-0.1, -0.05) is 66.7 Å². The first-order valence-electron chi connectivity index (χ1n) is 10.4. The van der Waals surface area contributed by atoms with Crippen molar-refractivity contribution in [3.05, 3.63) is 72.3 Å². The van der Waals surface area contributed by atoms with Crippen molar-refractivity contribution in [1.82, 2.24) is 0 Å². The highest BCUT2D eigenvalue weighted by Gasteiger charge is 2.33. The number of allylic oxidation sites excluding steroid dienone is 2. The summed E-state index contributed by atoms with van der Waals surface area (Å²) < 4.78 is 10.9. The Morgan fingerprint density at radius 1 is 1.03 bits per heavy atom. The molecule has 4 nitrogen and oxygen atoms in total. The van der Waals surface area contributed by atoms with Gasteiger partial charge in [0.05, 0.1) is 19.8 Å². The highest BCUT2D eigenvalue weighted by Crippen LogP contribution is 2.31. The van der Waals surface area contributed by atoms with Gasteiger partial charge in [0.1, 0.15) is 0 Å². The maximum atomic E-state index is 11.2. The summed E-state index contributed by atoms with van der Waals surface area (Å²) in [7, 11) is 1.42. The zero-order valence-corrected chi connectivity index (χ0v) is 17.1. The summed E-state index contributed by atoms with van der Waals surface area (Å²) in [4.78, 5) is 11.2. The second-order valence-electron chi connectivity index (χ2n) is 7.64. The standard InChI is InChI=1S/C25H31NO3/c1-28-25(27)11-7-3-6-10-22-23(26)16-17-24(22)29-18-19-12-14-21(15-13-19)20-8-4-2-5-9-20/h2-6,8-9,12-15,22-24H,7,10-11,16-18,26H2,1H3/b6-3-/t22-,23+,24+/m1/s1. The van der Waals surface area contributed by atoms with E-state index in [0.717, 1.165) is 19.3 Å². The summed E-state index contributed by atoms with van der Waals surface area (Å²) in [5.41, 5.74) is 9.94. The Morgan fingerprint density at radius 2 is 1.76 bits per heavy atom. The molecule has 2 aromatic carbocycles. The van der Waals surface area contributed by atoms with Gasteiger partial charge in [-0.15, -0.1) is 0 Å². The van der Waals surface area contributed by atoms with Crippen molar-refractivity contribution in [1.29, 1.82) is 0 Å². The van der Waals surface area contributed by atoms with E-state index >= 15 is 0 Å². The molecule has 1 fully saturated rings. The third kappa shape index (κ3) is 6.28. The minimum absolute atomic E-state index is 0.172. The molecule has 0 saturated heterocycles. The molecule has 0 heterocycles. The molecule has 2 N–H and O–H groups in total. The third-order valence-electron chi connectivity index (χ3n) is 5.65. The van der Waals surface area contributed by atoms with Gasteiger partial charge in [0.25, 0.3) is 0 Å². The number of hydrogen-bond donors (Lipinski definition) is 1. The van der Waals surface area contributed by atoms with Crippen LogP contribution in [0.4, 0.5) is 0 Å². The van der Waals surface area contributed by atoms with Crippen molar-refractivity contribution in [3.63, 3.8) is 0 Å². The minimum Gasteiger partial charge on any atom is -0.469 e. The predicted octanol–water partition coefficient (Wildman–Crippen LogP) is 4.88. The molecule has 2 aromatic rings. The molecule has 0 radical (unpaired) electrons. The number of benzene rings is 2. The number of esters is 1. The Kier molecular flexibility index (Phi) is 8.03. The summed E-state index contributed by atoms with van der Waals surface area (Å²) in [5.74, 6) is 0.152. The van der Waals surface area contributed by atoms with E-state index in [9.17, 15) is 4.79 Å². The van der Waals surface area contributed by atoms with Crippen molar-refractivity contribution in [3.8, 4) is 11.1 Å². The molecular weight excluding hydrogens is 362 g/mol. The highest BCUT2D eigenvalue weighted by atomic mass is 16.5. The molecule has 4 heteroatoms. The monoisotopic (exact) mass is 393 g/mol. The summed E-state index contributed by atoms with van der Waals surface area (Å²) >= 11 is 0. The minimum atomic E-state index is -0.174. The van der Waals surface area contributed by atoms with Crippen LogP contribution in [0, 0.1) is 5.92 Å². The van der Waals surface area contributed by atoms with E-state index in [-0.39, 0.29) is 18.1 Å². The normalized spacial score (nSPS) is 21.5. The van der Waals surface area contributed by atoms with Crippen molar-refractivity contribution in [2.75, 3.05) is 7.11 Å². The van der Waals surface area contributed by atoms with Crippen LogP contribution in [-0.2, 0) is 20.9 Å². The number of ether oxygens (including phenoxy) is 2. The molecule has 0 unspecified atom stereocenters. The smallest absolute Gasteiger partial charge is 0.305 e. The molecule has 29 heavy (non-hydrogen) atoms. The molecule has 0 spiro atoms. The average molecular weight is 394 g/mol. The largest absolute Gasteiger partial charge is 0.469 e. The van der Waals surface area contributed by atoms with Crippen LogP contribution in [0.15, 0.2) is 66.7 Å². The van der Waals surface area contributed by atoms with Crippen molar-refractivity contribution in [2.45, 2.75) is 50.9 Å². The molecule has 1 aliphatic rings. The lowest BCUT2D eigenvalue weighted by Gasteiger charge is -2.22. The fraction of sp³-hybridized carbons (Fsp3) is 0.400. The third-order valence-corrected chi connectivity index (χ3v) is 5.65. The average Bonchev–Trinajstić information content (AvgIpc) is 3.12. The summed E-state index contributed by atoms with van der Waals surface area (Å²) in [6.07, 6.45) is 8.37. The lowest BCUT2D eigenvalue weighted by Crippen LogP contribution is -2.30. The van der Waals surface area contributed by atoms with Gasteiger partial charge in [-0.25, -0.2) is 0 Å². The van der Waals surface area contributed by atoms with Crippen molar-refractivity contribution >= 4 is 5.97 Å². The van der Waals surface area contributed by atoms with E-state index in [1.54, 1.807) is 0 Å². The van der Waals surface area contributed by atoms with Gasteiger partial charge in [-0.2, -0.15) is 0 Å². The number of hydrogen-bond acceptors (Lipinski definition) is 4. The van der Waals surface area contributed by atoms with Crippen LogP contribution < -0.4 is 5.73 Å². The van der Waals surface area contributed by atoms with Crippen molar-refractivity contribution in [2.24, 2.45) is 11.7 Å². The number of nitrogens with two attached hydrogens (primary N) is 1. The van der Waals surface area contributed by atoms with Crippen LogP contribution in [0.3, 0.4) is 0 Å². The maximum Gasteiger partial charge on any atom is 0.305 e. The fourth-order valence-electron chi connectivity index (χ4n) is 3.90. The lowest BCUT2D eigenvalue weighted by atomic mass is 9.97. The van der Waals surface area contributed by atoms with Crippen LogP contribution >= 0.6 is 0 Å². The molecule has 154 valence electrons. The van der Waals surface area contributed by atoms with Gasteiger partial charge < -0.3 is 15.2 Å². The Hall–Kier alpha value is -2.43. The van der Waals surface area contributed by atoms with Gasteiger partial charge >= 0.3 is 5.97 Å². The number of carbonyl (C=O) groups is 1. The van der Waals surface area contributed by atoms with Gasteiger partial charge in [0, 0.05) is 18.4 Å². The molecule has 0 bridgehead atoms. The maximum absolute atomic E-state index is 11.2.